The molecule has 0 unspecified atom stereocenters. The minimum absolute atomic E-state index is 0.0551. The maximum Gasteiger partial charge on any atom is 0.171 e. The summed E-state index contributed by atoms with van der Waals surface area (Å²) in [6.07, 6.45) is 0. The molecule has 128 valence electrons. The second-order valence-electron chi connectivity index (χ2n) is 5.65. The Balaban J connectivity index is 1.69. The third kappa shape index (κ3) is 4.06. The molecule has 0 saturated heterocycles. The highest BCUT2D eigenvalue weighted by Crippen LogP contribution is 2.29. The molecule has 1 aromatic heterocycles. The number of thiazole rings is 1. The van der Waals surface area contributed by atoms with E-state index in [9.17, 15) is 4.79 Å². The summed E-state index contributed by atoms with van der Waals surface area (Å²) in [5.41, 5.74) is 2.81. The Morgan fingerprint density at radius 2 is 1.88 bits per heavy atom. The van der Waals surface area contributed by atoms with Crippen LogP contribution >= 0.6 is 11.3 Å². The fourth-order valence-corrected chi connectivity index (χ4v) is 3.44. The Kier molecular flexibility index (Phi) is 5.14. The number of Topliss-reactive ketones (excluding diaryl/α,β-unsaturated/α-hetero) is 1. The van der Waals surface area contributed by atoms with E-state index in [0.29, 0.717) is 11.5 Å². The number of nitrogens with zero attached hydrogens (tertiary/aromatic N) is 1. The van der Waals surface area contributed by atoms with Crippen molar-refractivity contribution in [3.63, 3.8) is 0 Å². The molecule has 1 heterocycles. The zero-order valence-electron chi connectivity index (χ0n) is 14.4. The van der Waals surface area contributed by atoms with Crippen molar-refractivity contribution < 1.29 is 14.3 Å². The number of ether oxygens (including phenoxy) is 2. The predicted molar refractivity (Wildman–Crippen MR) is 99.6 cm³/mol. The second kappa shape index (κ2) is 7.49. The first kappa shape index (κ1) is 17.2. The van der Waals surface area contributed by atoms with Gasteiger partial charge in [0.1, 0.15) is 23.1 Å². The van der Waals surface area contributed by atoms with Crippen LogP contribution in [0.15, 0.2) is 48.5 Å². The fraction of sp³-hybridized carbons (Fsp3) is 0.200. The van der Waals surface area contributed by atoms with E-state index in [4.69, 9.17) is 9.47 Å². The van der Waals surface area contributed by atoms with E-state index in [1.807, 2.05) is 55.5 Å². The number of ketones is 1. The summed E-state index contributed by atoms with van der Waals surface area (Å²) in [6.45, 7) is 3.91. The van der Waals surface area contributed by atoms with Crippen molar-refractivity contribution in [2.24, 2.45) is 0 Å². The summed E-state index contributed by atoms with van der Waals surface area (Å²) in [5, 5.41) is 0.849. The normalized spacial score (nSPS) is 10.5. The zero-order chi connectivity index (χ0) is 17.8. The number of carbonyl (C=O) groups excluding carboxylic acids is 1. The summed E-state index contributed by atoms with van der Waals surface area (Å²) in [7, 11) is 1.65. The summed E-state index contributed by atoms with van der Waals surface area (Å²) in [4.78, 5) is 16.8. The molecule has 25 heavy (non-hydrogen) atoms. The van der Waals surface area contributed by atoms with Gasteiger partial charge >= 0.3 is 0 Å². The number of methoxy groups -OCH3 is 1. The average Bonchev–Trinajstić information content (AvgIpc) is 3.02. The zero-order valence-corrected chi connectivity index (χ0v) is 15.2. The van der Waals surface area contributed by atoms with Crippen LogP contribution in [0, 0.1) is 6.92 Å². The number of carbonyl (C=O) groups is 1. The van der Waals surface area contributed by atoms with E-state index in [-0.39, 0.29) is 5.78 Å². The van der Waals surface area contributed by atoms with Crippen LogP contribution in [0.5, 0.6) is 11.5 Å². The summed E-state index contributed by atoms with van der Waals surface area (Å²) >= 11 is 1.43. The Morgan fingerprint density at radius 1 is 1.12 bits per heavy atom. The molecule has 0 aliphatic carbocycles. The average molecular weight is 353 g/mol. The molecule has 0 spiro atoms. The van der Waals surface area contributed by atoms with Crippen molar-refractivity contribution in [3.05, 3.63) is 64.7 Å². The highest BCUT2D eigenvalue weighted by molar-refractivity contribution is 7.17. The predicted octanol–water partition coefficient (Wildman–Crippen LogP) is 4.91. The topological polar surface area (TPSA) is 48.4 Å². The number of benzene rings is 2. The van der Waals surface area contributed by atoms with Crippen LogP contribution in [0.3, 0.4) is 0 Å². The molecule has 5 heteroatoms. The van der Waals surface area contributed by atoms with E-state index < -0.39 is 0 Å². The first-order chi connectivity index (χ1) is 12.1. The summed E-state index contributed by atoms with van der Waals surface area (Å²) in [5.74, 6) is 1.66. The summed E-state index contributed by atoms with van der Waals surface area (Å²) < 4.78 is 11.0. The number of aryl methyl sites for hydroxylation is 1. The van der Waals surface area contributed by atoms with E-state index in [2.05, 4.69) is 4.98 Å². The van der Waals surface area contributed by atoms with E-state index in [0.717, 1.165) is 33.3 Å². The highest BCUT2D eigenvalue weighted by atomic mass is 32.1. The molecule has 0 bridgehead atoms. The molecular weight excluding hydrogens is 334 g/mol. The van der Waals surface area contributed by atoms with E-state index in [1.54, 1.807) is 14.0 Å². The van der Waals surface area contributed by atoms with Gasteiger partial charge in [-0.05, 0) is 48.9 Å². The van der Waals surface area contributed by atoms with Gasteiger partial charge in [0.05, 0.1) is 17.7 Å². The van der Waals surface area contributed by atoms with Gasteiger partial charge in [0.25, 0.3) is 0 Å². The lowest BCUT2D eigenvalue weighted by Crippen LogP contribution is -1.95. The third-order valence-corrected chi connectivity index (χ3v) is 5.06. The summed E-state index contributed by atoms with van der Waals surface area (Å²) in [6, 6.07) is 15.6. The maximum absolute atomic E-state index is 11.6. The number of hydrogen-bond acceptors (Lipinski definition) is 5. The van der Waals surface area contributed by atoms with Crippen LogP contribution in [0.1, 0.15) is 27.9 Å². The van der Waals surface area contributed by atoms with Gasteiger partial charge in [-0.25, -0.2) is 4.98 Å². The van der Waals surface area contributed by atoms with Crippen molar-refractivity contribution in [3.8, 4) is 22.1 Å². The van der Waals surface area contributed by atoms with Gasteiger partial charge < -0.3 is 9.47 Å². The fourth-order valence-electron chi connectivity index (χ4n) is 2.47. The largest absolute Gasteiger partial charge is 0.497 e. The molecule has 0 aliphatic rings. The van der Waals surface area contributed by atoms with Crippen LogP contribution < -0.4 is 9.47 Å². The molecular formula is C20H19NO3S. The van der Waals surface area contributed by atoms with Gasteiger partial charge in [-0.2, -0.15) is 0 Å². The van der Waals surface area contributed by atoms with Crippen LogP contribution in [0.2, 0.25) is 0 Å². The molecule has 0 radical (unpaired) electrons. The molecule has 0 atom stereocenters. The number of aromatic nitrogens is 1. The second-order valence-corrected chi connectivity index (χ2v) is 6.65. The molecule has 3 rings (SSSR count). The highest BCUT2D eigenvalue weighted by Gasteiger charge is 2.12. The number of rotatable bonds is 6. The first-order valence-electron chi connectivity index (χ1n) is 7.91. The minimum atomic E-state index is 0.0551. The van der Waals surface area contributed by atoms with E-state index in [1.165, 1.54) is 11.3 Å². The first-order valence-corrected chi connectivity index (χ1v) is 8.73. The van der Waals surface area contributed by atoms with Crippen LogP contribution in [-0.4, -0.2) is 17.9 Å². The SMILES string of the molecule is COc1cccc(COc2ccc(-c3nc(C)c(C(C)=O)s3)cc2)c1. The molecule has 2 aromatic carbocycles. The lowest BCUT2D eigenvalue weighted by Gasteiger charge is -2.08. The van der Waals surface area contributed by atoms with Crippen molar-refractivity contribution >= 4 is 17.1 Å². The Bertz CT molecular complexity index is 884. The monoisotopic (exact) mass is 353 g/mol. The van der Waals surface area contributed by atoms with Crippen LogP contribution in [-0.2, 0) is 6.61 Å². The van der Waals surface area contributed by atoms with Crippen molar-refractivity contribution in [1.82, 2.24) is 4.98 Å². The van der Waals surface area contributed by atoms with Gasteiger partial charge in [-0.15, -0.1) is 11.3 Å². The van der Waals surface area contributed by atoms with Gasteiger partial charge in [-0.1, -0.05) is 12.1 Å². The van der Waals surface area contributed by atoms with Gasteiger partial charge in [0, 0.05) is 12.5 Å². The molecule has 0 N–H and O–H groups in total. The lowest BCUT2D eigenvalue weighted by atomic mass is 10.2. The Hall–Kier alpha value is -2.66. The van der Waals surface area contributed by atoms with E-state index >= 15 is 0 Å². The Labute approximate surface area is 151 Å². The smallest absolute Gasteiger partial charge is 0.171 e. The molecule has 3 aromatic rings. The Morgan fingerprint density at radius 3 is 2.52 bits per heavy atom. The van der Waals surface area contributed by atoms with Crippen molar-refractivity contribution in [2.75, 3.05) is 7.11 Å². The molecule has 0 aliphatic heterocycles. The molecule has 4 nitrogen and oxygen atoms in total. The molecule has 0 saturated carbocycles. The molecule has 0 fully saturated rings. The lowest BCUT2D eigenvalue weighted by molar-refractivity contribution is 0.102. The third-order valence-electron chi connectivity index (χ3n) is 3.76. The van der Waals surface area contributed by atoms with Crippen molar-refractivity contribution in [1.29, 1.82) is 0 Å². The maximum atomic E-state index is 11.6. The quantitative estimate of drug-likeness (QED) is 0.591. The van der Waals surface area contributed by atoms with Gasteiger partial charge in [0.15, 0.2) is 5.78 Å². The standard InChI is InChI=1S/C20H19NO3S/c1-13-19(14(2)22)25-20(21-13)16-7-9-17(10-8-16)24-12-15-5-4-6-18(11-15)23-3/h4-11H,12H2,1-3H3. The number of hydrogen-bond donors (Lipinski definition) is 0. The minimum Gasteiger partial charge on any atom is -0.497 e. The van der Waals surface area contributed by atoms with Crippen LogP contribution in [0.4, 0.5) is 0 Å². The van der Waals surface area contributed by atoms with Gasteiger partial charge in [-0.3, -0.25) is 4.79 Å². The van der Waals surface area contributed by atoms with Crippen LogP contribution in [0.25, 0.3) is 10.6 Å². The molecule has 0 amide bonds. The van der Waals surface area contributed by atoms with Gasteiger partial charge in [0.2, 0.25) is 0 Å². The van der Waals surface area contributed by atoms with Crippen molar-refractivity contribution in [2.45, 2.75) is 20.5 Å².